The molecule has 1 unspecified atom stereocenters. The molecule has 13 heavy (non-hydrogen) atoms. The number of rotatable bonds is 2. The van der Waals surface area contributed by atoms with Gasteiger partial charge in [-0.1, -0.05) is 13.8 Å². The Hall–Kier alpha value is -0.150. The van der Waals surface area contributed by atoms with E-state index in [1.54, 1.807) is 0 Å². The van der Waals surface area contributed by atoms with Crippen molar-refractivity contribution in [3.05, 3.63) is 0 Å². The fraction of sp³-hybridized carbons (Fsp3) is 1.00. The van der Waals surface area contributed by atoms with Crippen molar-refractivity contribution in [3.8, 4) is 0 Å². The van der Waals surface area contributed by atoms with Crippen LogP contribution in [0.1, 0.15) is 26.7 Å². The van der Waals surface area contributed by atoms with Crippen LogP contribution in [0.2, 0.25) is 0 Å². The van der Waals surface area contributed by atoms with Gasteiger partial charge in [0.25, 0.3) is 0 Å². The Balaban J connectivity index is 2.74. The first-order valence-corrected chi connectivity index (χ1v) is 4.99. The van der Waals surface area contributed by atoms with E-state index in [9.17, 15) is 4.39 Å². The highest BCUT2D eigenvalue weighted by Crippen LogP contribution is 2.40. The quantitative estimate of drug-likeness (QED) is 0.710. The molecule has 0 aliphatic carbocycles. The van der Waals surface area contributed by atoms with E-state index in [-0.39, 0.29) is 0 Å². The van der Waals surface area contributed by atoms with Gasteiger partial charge >= 0.3 is 0 Å². The number of nitrogens with zero attached hydrogens (tertiary/aromatic N) is 1. The van der Waals surface area contributed by atoms with Crippen LogP contribution in [0.3, 0.4) is 0 Å². The minimum absolute atomic E-state index is 0.401. The van der Waals surface area contributed by atoms with Crippen LogP contribution in [0.15, 0.2) is 0 Å². The fourth-order valence-electron chi connectivity index (χ4n) is 1.95. The first-order chi connectivity index (χ1) is 5.91. The molecule has 1 aliphatic heterocycles. The molecule has 1 rings (SSSR count). The summed E-state index contributed by atoms with van der Waals surface area (Å²) in [5, 5.41) is 0. The van der Waals surface area contributed by atoms with Gasteiger partial charge in [0.15, 0.2) is 0 Å². The Bertz CT molecular complexity index is 182. The summed E-state index contributed by atoms with van der Waals surface area (Å²) in [6.45, 7) is 5.79. The maximum Gasteiger partial charge on any atom is 0.129 e. The molecule has 1 atom stereocenters. The standard InChI is InChI=1S/C10H21FN2/c1-9(2,7-12)10(11)5-4-6-13(3)8-10/h4-8,12H2,1-3H3. The van der Waals surface area contributed by atoms with E-state index in [1.165, 1.54) is 0 Å². The first kappa shape index (κ1) is 10.9. The molecule has 1 heterocycles. The van der Waals surface area contributed by atoms with Gasteiger partial charge in [0.2, 0.25) is 0 Å². The van der Waals surface area contributed by atoms with Crippen LogP contribution in [0.4, 0.5) is 4.39 Å². The van der Waals surface area contributed by atoms with E-state index in [2.05, 4.69) is 4.90 Å². The van der Waals surface area contributed by atoms with Crippen LogP contribution < -0.4 is 5.73 Å². The third-order valence-corrected chi connectivity index (χ3v) is 3.36. The van der Waals surface area contributed by atoms with E-state index >= 15 is 0 Å². The second-order valence-corrected chi connectivity index (χ2v) is 4.89. The van der Waals surface area contributed by atoms with Crippen molar-refractivity contribution in [3.63, 3.8) is 0 Å². The predicted octanol–water partition coefficient (Wildman–Crippen LogP) is 1.41. The van der Waals surface area contributed by atoms with Crippen LogP contribution >= 0.6 is 0 Å². The lowest BCUT2D eigenvalue weighted by atomic mass is 9.72. The minimum Gasteiger partial charge on any atom is -0.330 e. The summed E-state index contributed by atoms with van der Waals surface area (Å²) in [6.07, 6.45) is 1.60. The van der Waals surface area contributed by atoms with Crippen LogP contribution in [0.25, 0.3) is 0 Å². The second-order valence-electron chi connectivity index (χ2n) is 4.89. The molecule has 0 radical (unpaired) electrons. The minimum atomic E-state index is -1.10. The van der Waals surface area contributed by atoms with Gasteiger partial charge in [-0.3, -0.25) is 0 Å². The highest BCUT2D eigenvalue weighted by atomic mass is 19.1. The molecule has 0 saturated carbocycles. The third-order valence-electron chi connectivity index (χ3n) is 3.36. The van der Waals surface area contributed by atoms with Crippen molar-refractivity contribution in [1.82, 2.24) is 4.90 Å². The summed E-state index contributed by atoms with van der Waals surface area (Å²) >= 11 is 0. The number of piperidine rings is 1. The number of likely N-dealkylation sites (tertiary alicyclic amines) is 1. The maximum absolute atomic E-state index is 14.5. The van der Waals surface area contributed by atoms with Crippen LogP contribution in [-0.4, -0.2) is 37.3 Å². The van der Waals surface area contributed by atoms with Gasteiger partial charge in [-0.25, -0.2) is 4.39 Å². The number of halogens is 1. The Morgan fingerprint density at radius 1 is 1.54 bits per heavy atom. The van der Waals surface area contributed by atoms with Crippen molar-refractivity contribution in [2.75, 3.05) is 26.7 Å². The van der Waals surface area contributed by atoms with E-state index in [0.29, 0.717) is 19.5 Å². The number of hydrogen-bond donors (Lipinski definition) is 1. The highest BCUT2D eigenvalue weighted by Gasteiger charge is 2.46. The predicted molar refractivity (Wildman–Crippen MR) is 53.4 cm³/mol. The molecule has 0 bridgehead atoms. The van der Waals surface area contributed by atoms with Crippen LogP contribution in [-0.2, 0) is 0 Å². The third kappa shape index (κ3) is 2.02. The normalized spacial score (nSPS) is 32.1. The second kappa shape index (κ2) is 3.54. The molecule has 1 aliphatic rings. The largest absolute Gasteiger partial charge is 0.330 e. The van der Waals surface area contributed by atoms with E-state index < -0.39 is 11.1 Å². The molecule has 0 spiro atoms. The van der Waals surface area contributed by atoms with Gasteiger partial charge in [0, 0.05) is 18.5 Å². The Morgan fingerprint density at radius 3 is 2.62 bits per heavy atom. The first-order valence-electron chi connectivity index (χ1n) is 4.99. The van der Waals surface area contributed by atoms with Crippen LogP contribution in [0, 0.1) is 5.41 Å². The molecule has 0 aromatic heterocycles. The van der Waals surface area contributed by atoms with Gasteiger partial charge in [-0.05, 0) is 26.4 Å². The highest BCUT2D eigenvalue weighted by molar-refractivity contribution is 4.98. The summed E-state index contributed by atoms with van der Waals surface area (Å²) in [4.78, 5) is 2.06. The zero-order valence-corrected chi connectivity index (χ0v) is 8.94. The molecule has 3 heteroatoms. The molecular weight excluding hydrogens is 167 g/mol. The number of nitrogens with two attached hydrogens (primary N) is 1. The summed E-state index contributed by atoms with van der Waals surface area (Å²) in [6, 6.07) is 0. The Morgan fingerprint density at radius 2 is 2.15 bits per heavy atom. The molecule has 0 aromatic carbocycles. The molecule has 78 valence electrons. The Kier molecular flexibility index (Phi) is 2.98. The van der Waals surface area contributed by atoms with E-state index in [1.807, 2.05) is 20.9 Å². The summed E-state index contributed by atoms with van der Waals surface area (Å²) in [5.41, 5.74) is 4.11. The van der Waals surface area contributed by atoms with Crippen molar-refractivity contribution in [2.24, 2.45) is 11.1 Å². The van der Waals surface area contributed by atoms with Crippen molar-refractivity contribution in [1.29, 1.82) is 0 Å². The molecule has 0 amide bonds. The topological polar surface area (TPSA) is 29.3 Å². The lowest BCUT2D eigenvalue weighted by molar-refractivity contribution is -0.0360. The zero-order chi connectivity index (χ0) is 10.1. The fourth-order valence-corrected chi connectivity index (χ4v) is 1.95. The maximum atomic E-state index is 14.5. The summed E-state index contributed by atoms with van der Waals surface area (Å²) < 4.78 is 14.5. The lowest BCUT2D eigenvalue weighted by Crippen LogP contribution is -2.54. The van der Waals surface area contributed by atoms with Crippen molar-refractivity contribution < 1.29 is 4.39 Å². The number of alkyl halides is 1. The monoisotopic (exact) mass is 188 g/mol. The van der Waals surface area contributed by atoms with E-state index in [0.717, 1.165) is 13.0 Å². The zero-order valence-electron chi connectivity index (χ0n) is 8.94. The van der Waals surface area contributed by atoms with Gasteiger partial charge in [-0.15, -0.1) is 0 Å². The molecule has 0 aromatic rings. The molecular formula is C10H21FN2. The summed E-state index contributed by atoms with van der Waals surface area (Å²) in [5.74, 6) is 0. The lowest BCUT2D eigenvalue weighted by Gasteiger charge is -2.45. The van der Waals surface area contributed by atoms with Crippen molar-refractivity contribution >= 4 is 0 Å². The molecule has 1 saturated heterocycles. The van der Waals surface area contributed by atoms with Gasteiger partial charge < -0.3 is 10.6 Å². The smallest absolute Gasteiger partial charge is 0.129 e. The van der Waals surface area contributed by atoms with Crippen molar-refractivity contribution in [2.45, 2.75) is 32.4 Å². The summed E-state index contributed by atoms with van der Waals surface area (Å²) in [7, 11) is 1.97. The molecule has 2 N–H and O–H groups in total. The van der Waals surface area contributed by atoms with Gasteiger partial charge in [0.1, 0.15) is 5.67 Å². The van der Waals surface area contributed by atoms with Gasteiger partial charge in [0.05, 0.1) is 0 Å². The van der Waals surface area contributed by atoms with Crippen LogP contribution in [0.5, 0.6) is 0 Å². The number of hydrogen-bond acceptors (Lipinski definition) is 2. The molecule has 1 fully saturated rings. The Labute approximate surface area is 80.3 Å². The van der Waals surface area contributed by atoms with Gasteiger partial charge in [-0.2, -0.15) is 0 Å². The SMILES string of the molecule is CN1CCCC(F)(C(C)(C)CN)C1. The molecule has 2 nitrogen and oxygen atoms in total. The van der Waals surface area contributed by atoms with E-state index in [4.69, 9.17) is 5.73 Å². The average Bonchev–Trinajstić information content (AvgIpc) is 2.03. The average molecular weight is 188 g/mol.